The zero-order valence-corrected chi connectivity index (χ0v) is 13.7. The van der Waals surface area contributed by atoms with E-state index < -0.39 is 5.92 Å². The van der Waals surface area contributed by atoms with E-state index in [-0.39, 0.29) is 18.0 Å². The number of hydrogen-bond donors (Lipinski definition) is 1. The number of benzene rings is 2. The number of aliphatic imine (C=N–C) groups is 2. The van der Waals surface area contributed by atoms with Gasteiger partial charge in [-0.3, -0.25) is 9.79 Å². The largest absolute Gasteiger partial charge is 0.386 e. The number of nitriles is 1. The molecule has 0 saturated heterocycles. The van der Waals surface area contributed by atoms with Crippen molar-refractivity contribution in [3.8, 4) is 6.07 Å². The summed E-state index contributed by atoms with van der Waals surface area (Å²) >= 11 is 0. The van der Waals surface area contributed by atoms with E-state index in [1.165, 1.54) is 5.56 Å². The summed E-state index contributed by atoms with van der Waals surface area (Å²) in [7, 11) is 0. The van der Waals surface area contributed by atoms with Gasteiger partial charge in [-0.25, -0.2) is 4.99 Å². The number of Topliss-reactive ketones (excluding diaryl/α,β-unsaturated/α-hetero) is 1. The normalized spacial score (nSPS) is 14.6. The van der Waals surface area contributed by atoms with Crippen LogP contribution >= 0.6 is 0 Å². The standard InChI is InChI=1S/C20H18N4O/c21-13-15(20(22)23-11-10-14-6-2-1-3-7-14)12-18-19(25)16-8-4-5-9-17(16)24-18/h1-9,15H,10-12H2,(H2,22,23). The van der Waals surface area contributed by atoms with Crippen molar-refractivity contribution in [3.05, 3.63) is 65.7 Å². The summed E-state index contributed by atoms with van der Waals surface area (Å²) in [5.74, 6) is -0.523. The molecule has 2 N–H and O–H groups in total. The van der Waals surface area contributed by atoms with Crippen LogP contribution in [-0.4, -0.2) is 23.9 Å². The van der Waals surface area contributed by atoms with Gasteiger partial charge in [0.2, 0.25) is 5.78 Å². The van der Waals surface area contributed by atoms with Gasteiger partial charge >= 0.3 is 0 Å². The van der Waals surface area contributed by atoms with Crippen molar-refractivity contribution in [1.82, 2.24) is 0 Å². The molecule has 0 fully saturated rings. The van der Waals surface area contributed by atoms with E-state index in [0.29, 0.717) is 23.5 Å². The third kappa shape index (κ3) is 3.81. The Balaban J connectivity index is 1.64. The zero-order chi connectivity index (χ0) is 17.6. The Morgan fingerprint density at radius 3 is 2.60 bits per heavy atom. The van der Waals surface area contributed by atoms with Gasteiger partial charge in [0.05, 0.1) is 17.5 Å². The van der Waals surface area contributed by atoms with E-state index in [4.69, 9.17) is 5.73 Å². The summed E-state index contributed by atoms with van der Waals surface area (Å²) in [5, 5.41) is 9.40. The molecule has 0 amide bonds. The number of amidine groups is 1. The van der Waals surface area contributed by atoms with Crippen LogP contribution in [0.2, 0.25) is 0 Å². The molecule has 0 saturated carbocycles. The molecule has 1 heterocycles. The van der Waals surface area contributed by atoms with E-state index in [9.17, 15) is 10.1 Å². The maximum Gasteiger partial charge on any atom is 0.209 e. The van der Waals surface area contributed by atoms with Crippen LogP contribution in [0.4, 0.5) is 5.69 Å². The second-order valence-electron chi connectivity index (χ2n) is 5.83. The SMILES string of the molecule is N#CC(CC1=Nc2ccccc2C1=O)C(N)=NCCc1ccccc1. The fraction of sp³-hybridized carbons (Fsp3) is 0.200. The fourth-order valence-electron chi connectivity index (χ4n) is 2.73. The van der Waals surface area contributed by atoms with Gasteiger partial charge in [0.1, 0.15) is 11.8 Å². The van der Waals surface area contributed by atoms with Crippen LogP contribution in [-0.2, 0) is 6.42 Å². The van der Waals surface area contributed by atoms with Gasteiger partial charge in [0, 0.05) is 18.5 Å². The van der Waals surface area contributed by atoms with Crippen molar-refractivity contribution >= 4 is 23.0 Å². The van der Waals surface area contributed by atoms with Crippen molar-refractivity contribution < 1.29 is 4.79 Å². The first-order valence-electron chi connectivity index (χ1n) is 8.13. The predicted octanol–water partition coefficient (Wildman–Crippen LogP) is 3.09. The predicted molar refractivity (Wildman–Crippen MR) is 98.2 cm³/mol. The molecule has 1 aliphatic heterocycles. The van der Waals surface area contributed by atoms with Crippen LogP contribution in [0.25, 0.3) is 0 Å². The third-order valence-electron chi connectivity index (χ3n) is 4.11. The van der Waals surface area contributed by atoms with Crippen LogP contribution in [0.3, 0.4) is 0 Å². The number of fused-ring (bicyclic) bond motifs is 1. The van der Waals surface area contributed by atoms with Crippen LogP contribution in [0.15, 0.2) is 64.6 Å². The van der Waals surface area contributed by atoms with Gasteiger partial charge in [-0.15, -0.1) is 0 Å². The summed E-state index contributed by atoms with van der Waals surface area (Å²) in [6, 6.07) is 19.3. The van der Waals surface area contributed by atoms with Gasteiger partial charge in [-0.2, -0.15) is 5.26 Å². The Kier molecular flexibility index (Phi) is 5.00. The van der Waals surface area contributed by atoms with Gasteiger partial charge in [0.15, 0.2) is 0 Å². The number of ketones is 1. The maximum absolute atomic E-state index is 12.3. The van der Waals surface area contributed by atoms with Crippen molar-refractivity contribution in [2.45, 2.75) is 12.8 Å². The van der Waals surface area contributed by atoms with Gasteiger partial charge in [-0.1, -0.05) is 42.5 Å². The lowest BCUT2D eigenvalue weighted by atomic mass is 9.98. The molecule has 2 aromatic carbocycles. The van der Waals surface area contributed by atoms with Gasteiger partial charge < -0.3 is 5.73 Å². The first-order valence-corrected chi connectivity index (χ1v) is 8.13. The summed E-state index contributed by atoms with van der Waals surface area (Å²) in [6.07, 6.45) is 0.940. The molecule has 1 aliphatic rings. The number of hydrogen-bond acceptors (Lipinski definition) is 4. The van der Waals surface area contributed by atoms with Gasteiger partial charge in [-0.05, 0) is 24.1 Å². The lowest BCUT2D eigenvalue weighted by molar-refractivity contribution is 0.106. The molecule has 0 aromatic heterocycles. The molecule has 124 valence electrons. The Morgan fingerprint density at radius 2 is 1.88 bits per heavy atom. The molecule has 0 spiro atoms. The molecule has 0 aliphatic carbocycles. The highest BCUT2D eigenvalue weighted by molar-refractivity contribution is 6.50. The maximum atomic E-state index is 12.3. The van der Waals surface area contributed by atoms with E-state index >= 15 is 0 Å². The Labute approximate surface area is 146 Å². The smallest absolute Gasteiger partial charge is 0.209 e. The van der Waals surface area contributed by atoms with Crippen molar-refractivity contribution in [3.63, 3.8) is 0 Å². The molecule has 0 radical (unpaired) electrons. The number of nitrogens with two attached hydrogens (primary N) is 1. The third-order valence-corrected chi connectivity index (χ3v) is 4.11. The average molecular weight is 330 g/mol. The minimum Gasteiger partial charge on any atom is -0.386 e. The first kappa shape index (κ1) is 16.6. The molecule has 5 heteroatoms. The minimum atomic E-state index is -0.646. The first-order chi connectivity index (χ1) is 12.2. The quantitative estimate of drug-likeness (QED) is 0.651. The van der Waals surface area contributed by atoms with Crippen LogP contribution in [0.1, 0.15) is 22.3 Å². The second-order valence-corrected chi connectivity index (χ2v) is 5.83. The number of nitrogens with zero attached hydrogens (tertiary/aromatic N) is 3. The van der Waals surface area contributed by atoms with Crippen molar-refractivity contribution in [2.24, 2.45) is 21.6 Å². The van der Waals surface area contributed by atoms with E-state index in [0.717, 1.165) is 6.42 Å². The van der Waals surface area contributed by atoms with Crippen LogP contribution < -0.4 is 5.73 Å². The van der Waals surface area contributed by atoms with E-state index in [2.05, 4.69) is 16.1 Å². The molecular formula is C20H18N4O. The topological polar surface area (TPSA) is 91.6 Å². The van der Waals surface area contributed by atoms with Crippen molar-refractivity contribution in [2.75, 3.05) is 6.54 Å². The number of carbonyl (C=O) groups is 1. The molecule has 5 nitrogen and oxygen atoms in total. The monoisotopic (exact) mass is 330 g/mol. The number of rotatable bonds is 6. The molecular weight excluding hydrogens is 312 g/mol. The zero-order valence-electron chi connectivity index (χ0n) is 13.7. The summed E-state index contributed by atoms with van der Waals surface area (Å²) in [4.78, 5) is 21.0. The lowest BCUT2D eigenvalue weighted by Crippen LogP contribution is -2.27. The molecule has 0 bridgehead atoms. The summed E-state index contributed by atoms with van der Waals surface area (Å²) < 4.78 is 0. The van der Waals surface area contributed by atoms with E-state index in [1.54, 1.807) is 18.2 Å². The molecule has 2 aromatic rings. The fourth-order valence-corrected chi connectivity index (χ4v) is 2.73. The molecule has 25 heavy (non-hydrogen) atoms. The Morgan fingerprint density at radius 1 is 1.16 bits per heavy atom. The highest BCUT2D eigenvalue weighted by atomic mass is 16.1. The lowest BCUT2D eigenvalue weighted by Gasteiger charge is -2.08. The van der Waals surface area contributed by atoms with Gasteiger partial charge in [0.25, 0.3) is 0 Å². The van der Waals surface area contributed by atoms with Crippen LogP contribution in [0, 0.1) is 17.2 Å². The van der Waals surface area contributed by atoms with E-state index in [1.807, 2.05) is 36.4 Å². The molecule has 3 rings (SSSR count). The highest BCUT2D eigenvalue weighted by Crippen LogP contribution is 2.28. The highest BCUT2D eigenvalue weighted by Gasteiger charge is 2.27. The Bertz CT molecular complexity index is 878. The summed E-state index contributed by atoms with van der Waals surface area (Å²) in [5.41, 5.74) is 8.75. The summed E-state index contributed by atoms with van der Waals surface area (Å²) in [6.45, 7) is 0.509. The Hall–Kier alpha value is -3.26. The van der Waals surface area contributed by atoms with Crippen molar-refractivity contribution in [1.29, 1.82) is 5.26 Å². The second kappa shape index (κ2) is 7.54. The number of para-hydroxylation sites is 1. The number of carbonyl (C=O) groups excluding carboxylic acids is 1. The molecule has 1 atom stereocenters. The average Bonchev–Trinajstić information content (AvgIpc) is 2.96. The molecule has 1 unspecified atom stereocenters. The van der Waals surface area contributed by atoms with Crippen LogP contribution in [0.5, 0.6) is 0 Å². The minimum absolute atomic E-state index is 0.132.